The van der Waals surface area contributed by atoms with E-state index >= 15 is 0 Å². The molecule has 0 aromatic carbocycles. The fourth-order valence-corrected chi connectivity index (χ4v) is 2.98. The van der Waals surface area contributed by atoms with Gasteiger partial charge in [0, 0.05) is 19.3 Å². The number of aryl methyl sites for hydroxylation is 1. The van der Waals surface area contributed by atoms with Crippen molar-refractivity contribution in [2.45, 2.75) is 37.8 Å². The Morgan fingerprint density at radius 2 is 2.37 bits per heavy atom. The van der Waals surface area contributed by atoms with Gasteiger partial charge in [0.05, 0.1) is 5.75 Å². The molecule has 19 heavy (non-hydrogen) atoms. The highest BCUT2D eigenvalue weighted by atomic mass is 32.2. The molecular weight excluding hydrogens is 260 g/mol. The van der Waals surface area contributed by atoms with Crippen molar-refractivity contribution in [3.8, 4) is 0 Å². The quantitative estimate of drug-likeness (QED) is 0.776. The first-order valence-electron chi connectivity index (χ1n) is 6.68. The Kier molecular flexibility index (Phi) is 5.01. The molecule has 0 saturated carbocycles. The van der Waals surface area contributed by atoms with Gasteiger partial charge in [-0.1, -0.05) is 17.8 Å². The maximum Gasteiger partial charge on any atom is 0.237 e. The lowest BCUT2D eigenvalue weighted by Gasteiger charge is -2.26. The van der Waals surface area contributed by atoms with E-state index in [2.05, 4.69) is 16.3 Å². The van der Waals surface area contributed by atoms with Crippen molar-refractivity contribution < 1.29 is 4.79 Å². The van der Waals surface area contributed by atoms with E-state index in [4.69, 9.17) is 0 Å². The van der Waals surface area contributed by atoms with Gasteiger partial charge in [0.15, 0.2) is 5.16 Å². The molecule has 1 aromatic rings. The summed E-state index contributed by atoms with van der Waals surface area (Å²) in [5.41, 5.74) is 1.19. The molecule has 1 heterocycles. The van der Waals surface area contributed by atoms with Gasteiger partial charge < -0.3 is 9.47 Å². The van der Waals surface area contributed by atoms with E-state index in [0.29, 0.717) is 5.75 Å². The fourth-order valence-electron chi connectivity index (χ4n) is 2.21. The Hall–Kier alpha value is -1.30. The van der Waals surface area contributed by atoms with Crippen LogP contribution in [0.5, 0.6) is 0 Å². The van der Waals surface area contributed by atoms with E-state index in [-0.39, 0.29) is 5.91 Å². The average molecular weight is 280 g/mol. The minimum absolute atomic E-state index is 0.156. The normalized spacial score (nSPS) is 15.2. The lowest BCUT2D eigenvalue weighted by Crippen LogP contribution is -2.32. The van der Waals surface area contributed by atoms with E-state index in [0.717, 1.165) is 24.5 Å². The smallest absolute Gasteiger partial charge is 0.237 e. The minimum atomic E-state index is 0.156. The summed E-state index contributed by atoms with van der Waals surface area (Å²) in [5, 5.41) is 8.57. The second-order valence-corrected chi connectivity index (χ2v) is 5.53. The number of hydrogen-bond donors (Lipinski definition) is 0. The summed E-state index contributed by atoms with van der Waals surface area (Å²) in [4.78, 5) is 14.2. The number of hydrogen-bond acceptors (Lipinski definition) is 4. The number of aromatic nitrogens is 3. The minimum Gasteiger partial charge on any atom is -0.316 e. The van der Waals surface area contributed by atoms with Crippen LogP contribution in [0.3, 0.4) is 0 Å². The average Bonchev–Trinajstić information content (AvgIpc) is 2.84. The Morgan fingerprint density at radius 1 is 1.53 bits per heavy atom. The van der Waals surface area contributed by atoms with Crippen molar-refractivity contribution >= 4 is 17.7 Å². The molecule has 1 amide bonds. The molecule has 0 unspecified atom stereocenters. The molecule has 0 saturated heterocycles. The highest BCUT2D eigenvalue weighted by Gasteiger charge is 2.18. The van der Waals surface area contributed by atoms with E-state index in [1.165, 1.54) is 30.3 Å². The summed E-state index contributed by atoms with van der Waals surface area (Å²) < 4.78 is 1.83. The van der Waals surface area contributed by atoms with E-state index in [1.807, 2.05) is 23.4 Å². The number of nitrogens with zero attached hydrogens (tertiary/aromatic N) is 4. The van der Waals surface area contributed by atoms with Gasteiger partial charge in [-0.15, -0.1) is 10.2 Å². The van der Waals surface area contributed by atoms with Crippen molar-refractivity contribution in [2.24, 2.45) is 7.05 Å². The second-order valence-electron chi connectivity index (χ2n) is 4.59. The van der Waals surface area contributed by atoms with Gasteiger partial charge in [-0.05, 0) is 32.6 Å². The first-order chi connectivity index (χ1) is 9.22. The molecule has 104 valence electrons. The number of thioether (sulfide) groups is 1. The molecule has 0 spiro atoms. The Morgan fingerprint density at radius 3 is 2.95 bits per heavy atom. The molecule has 1 aromatic heterocycles. The summed E-state index contributed by atoms with van der Waals surface area (Å²) in [6.45, 7) is 2.77. The molecule has 0 atom stereocenters. The zero-order chi connectivity index (χ0) is 13.7. The van der Waals surface area contributed by atoms with Crippen LogP contribution < -0.4 is 0 Å². The SMILES string of the molecule is CCN(C(=O)CSc1nncn1C)C1=CCCCC1. The number of allylic oxidation sites excluding steroid dienone is 2. The van der Waals surface area contributed by atoms with Crippen molar-refractivity contribution in [3.05, 3.63) is 18.1 Å². The monoisotopic (exact) mass is 280 g/mol. The summed E-state index contributed by atoms with van der Waals surface area (Å²) in [6, 6.07) is 0. The molecule has 5 nitrogen and oxygen atoms in total. The highest BCUT2D eigenvalue weighted by molar-refractivity contribution is 7.99. The second kappa shape index (κ2) is 6.75. The van der Waals surface area contributed by atoms with Crippen LogP contribution in [0.4, 0.5) is 0 Å². The van der Waals surface area contributed by atoms with E-state index in [9.17, 15) is 4.79 Å². The third kappa shape index (κ3) is 3.59. The van der Waals surface area contributed by atoms with Gasteiger partial charge in [0.1, 0.15) is 6.33 Å². The van der Waals surface area contributed by atoms with Crippen LogP contribution in [-0.2, 0) is 11.8 Å². The standard InChI is InChI=1S/C13H20N4OS/c1-3-17(11-7-5-4-6-8-11)12(18)9-19-13-15-14-10-16(13)2/h7,10H,3-6,8-9H2,1-2H3. The van der Waals surface area contributed by atoms with Crippen molar-refractivity contribution in [2.75, 3.05) is 12.3 Å². The number of carbonyl (C=O) groups is 1. The number of amides is 1. The summed E-state index contributed by atoms with van der Waals surface area (Å²) in [7, 11) is 1.88. The van der Waals surface area contributed by atoms with Gasteiger partial charge in [-0.25, -0.2) is 0 Å². The maximum absolute atomic E-state index is 12.3. The first-order valence-corrected chi connectivity index (χ1v) is 7.67. The van der Waals surface area contributed by atoms with E-state index in [1.54, 1.807) is 6.33 Å². The lowest BCUT2D eigenvalue weighted by atomic mass is 10.0. The molecular formula is C13H20N4OS. The Bertz CT molecular complexity index is 469. The molecule has 0 bridgehead atoms. The Balaban J connectivity index is 1.93. The predicted octanol–water partition coefficient (Wildman–Crippen LogP) is 2.21. The summed E-state index contributed by atoms with van der Waals surface area (Å²) in [5.74, 6) is 0.571. The molecule has 0 aliphatic heterocycles. The van der Waals surface area contributed by atoms with Crippen LogP contribution in [-0.4, -0.2) is 37.9 Å². The lowest BCUT2D eigenvalue weighted by molar-refractivity contribution is -0.126. The van der Waals surface area contributed by atoms with Crippen LogP contribution in [0.15, 0.2) is 23.3 Å². The summed E-state index contributed by atoms with van der Waals surface area (Å²) >= 11 is 1.44. The highest BCUT2D eigenvalue weighted by Crippen LogP contribution is 2.22. The molecule has 6 heteroatoms. The number of carbonyl (C=O) groups excluding carboxylic acids is 1. The Labute approximate surface area is 118 Å². The topological polar surface area (TPSA) is 51.0 Å². The van der Waals surface area contributed by atoms with Gasteiger partial charge in [0.25, 0.3) is 0 Å². The summed E-state index contributed by atoms with van der Waals surface area (Å²) in [6.07, 6.45) is 8.39. The fraction of sp³-hybridized carbons (Fsp3) is 0.615. The molecule has 2 rings (SSSR count). The van der Waals surface area contributed by atoms with Crippen LogP contribution in [0.1, 0.15) is 32.6 Å². The van der Waals surface area contributed by atoms with Gasteiger partial charge in [-0.2, -0.15) is 0 Å². The third-order valence-electron chi connectivity index (χ3n) is 3.23. The third-order valence-corrected chi connectivity index (χ3v) is 4.24. The van der Waals surface area contributed by atoms with Crippen LogP contribution in [0.2, 0.25) is 0 Å². The van der Waals surface area contributed by atoms with Gasteiger partial charge >= 0.3 is 0 Å². The van der Waals surface area contributed by atoms with E-state index < -0.39 is 0 Å². The maximum atomic E-state index is 12.3. The predicted molar refractivity (Wildman–Crippen MR) is 75.7 cm³/mol. The molecule has 0 radical (unpaired) electrons. The molecule has 1 aliphatic carbocycles. The van der Waals surface area contributed by atoms with Crippen LogP contribution in [0.25, 0.3) is 0 Å². The molecule has 0 fully saturated rings. The van der Waals surface area contributed by atoms with Gasteiger partial charge in [0.2, 0.25) is 5.91 Å². The molecule has 0 N–H and O–H groups in total. The van der Waals surface area contributed by atoms with Crippen LogP contribution in [0, 0.1) is 0 Å². The van der Waals surface area contributed by atoms with Gasteiger partial charge in [-0.3, -0.25) is 4.79 Å². The van der Waals surface area contributed by atoms with Crippen LogP contribution >= 0.6 is 11.8 Å². The zero-order valence-electron chi connectivity index (χ0n) is 11.5. The van der Waals surface area contributed by atoms with Crippen molar-refractivity contribution in [1.82, 2.24) is 19.7 Å². The first kappa shape index (κ1) is 14.1. The number of rotatable bonds is 5. The zero-order valence-corrected chi connectivity index (χ0v) is 12.3. The largest absolute Gasteiger partial charge is 0.316 e. The van der Waals surface area contributed by atoms with Crippen molar-refractivity contribution in [1.29, 1.82) is 0 Å². The molecule has 1 aliphatic rings. The van der Waals surface area contributed by atoms with Crippen molar-refractivity contribution in [3.63, 3.8) is 0 Å².